The number of aromatic nitrogens is 1. The number of nitrogens with zero attached hydrogens (tertiary/aromatic N) is 2. The Morgan fingerprint density at radius 1 is 1.35 bits per heavy atom. The van der Waals surface area contributed by atoms with Crippen LogP contribution < -0.4 is 0 Å². The standard InChI is InChI=1S/C13H14N2O2/c1-15(2)12(13(16)17)10-7-9-5-3-4-6-11(9)14-8-10/h3-8,12H,1-2H3,(H,16,17)/t12-/m0/s1. The molecule has 0 aliphatic heterocycles. The van der Waals surface area contributed by atoms with Crippen LogP contribution in [0.15, 0.2) is 36.5 Å². The summed E-state index contributed by atoms with van der Waals surface area (Å²) in [5, 5.41) is 10.2. The van der Waals surface area contributed by atoms with Crippen LogP contribution in [0.5, 0.6) is 0 Å². The molecule has 0 aliphatic rings. The fraction of sp³-hybridized carbons (Fsp3) is 0.231. The topological polar surface area (TPSA) is 53.4 Å². The Bertz CT molecular complexity index is 552. The van der Waals surface area contributed by atoms with Crippen molar-refractivity contribution in [2.24, 2.45) is 0 Å². The van der Waals surface area contributed by atoms with E-state index in [0.29, 0.717) is 5.56 Å². The Morgan fingerprint density at radius 2 is 2.06 bits per heavy atom. The van der Waals surface area contributed by atoms with Gasteiger partial charge in [0.05, 0.1) is 5.52 Å². The van der Waals surface area contributed by atoms with Gasteiger partial charge in [0, 0.05) is 11.6 Å². The number of carboxylic acid groups (broad SMARTS) is 1. The van der Waals surface area contributed by atoms with Gasteiger partial charge in [-0.1, -0.05) is 18.2 Å². The Labute approximate surface area is 99.5 Å². The highest BCUT2D eigenvalue weighted by atomic mass is 16.4. The summed E-state index contributed by atoms with van der Waals surface area (Å²) in [7, 11) is 3.49. The highest BCUT2D eigenvalue weighted by Crippen LogP contribution is 2.21. The minimum Gasteiger partial charge on any atom is -0.480 e. The molecule has 17 heavy (non-hydrogen) atoms. The average molecular weight is 230 g/mol. The van der Waals surface area contributed by atoms with Crippen LogP contribution in [0, 0.1) is 0 Å². The van der Waals surface area contributed by atoms with Crippen molar-refractivity contribution in [2.75, 3.05) is 14.1 Å². The molecule has 0 unspecified atom stereocenters. The maximum atomic E-state index is 11.2. The Hall–Kier alpha value is -1.94. The number of likely N-dealkylation sites (N-methyl/N-ethyl adjacent to an activating group) is 1. The second-order valence-corrected chi connectivity index (χ2v) is 4.17. The van der Waals surface area contributed by atoms with Crippen molar-refractivity contribution in [1.82, 2.24) is 9.88 Å². The van der Waals surface area contributed by atoms with Crippen molar-refractivity contribution in [3.8, 4) is 0 Å². The van der Waals surface area contributed by atoms with E-state index in [2.05, 4.69) is 4.98 Å². The van der Waals surface area contributed by atoms with Gasteiger partial charge in [-0.2, -0.15) is 0 Å². The third-order valence-electron chi connectivity index (χ3n) is 2.68. The molecule has 0 bridgehead atoms. The van der Waals surface area contributed by atoms with Gasteiger partial charge in [-0.05, 0) is 31.8 Å². The fourth-order valence-corrected chi connectivity index (χ4v) is 1.90. The second kappa shape index (κ2) is 4.51. The minimum absolute atomic E-state index is 0.660. The van der Waals surface area contributed by atoms with Gasteiger partial charge in [0.1, 0.15) is 6.04 Å². The number of hydrogen-bond donors (Lipinski definition) is 1. The number of carboxylic acids is 1. The summed E-state index contributed by atoms with van der Waals surface area (Å²) in [5.74, 6) is -0.868. The summed E-state index contributed by atoms with van der Waals surface area (Å²) in [6.45, 7) is 0. The largest absolute Gasteiger partial charge is 0.480 e. The van der Waals surface area contributed by atoms with Crippen LogP contribution in [0.3, 0.4) is 0 Å². The smallest absolute Gasteiger partial charge is 0.325 e. The third kappa shape index (κ3) is 2.26. The van der Waals surface area contributed by atoms with Crippen LogP contribution in [0.2, 0.25) is 0 Å². The van der Waals surface area contributed by atoms with E-state index < -0.39 is 12.0 Å². The molecule has 1 aromatic heterocycles. The molecule has 0 saturated heterocycles. The van der Waals surface area contributed by atoms with Gasteiger partial charge in [0.25, 0.3) is 0 Å². The van der Waals surface area contributed by atoms with Gasteiger partial charge in [-0.25, -0.2) is 0 Å². The molecule has 1 aromatic carbocycles. The zero-order valence-corrected chi connectivity index (χ0v) is 9.79. The first-order valence-corrected chi connectivity index (χ1v) is 5.33. The molecule has 1 atom stereocenters. The molecule has 0 aliphatic carbocycles. The summed E-state index contributed by atoms with van der Waals surface area (Å²) in [4.78, 5) is 17.1. The minimum atomic E-state index is -0.868. The molecule has 0 radical (unpaired) electrons. The summed E-state index contributed by atoms with van der Waals surface area (Å²) < 4.78 is 0. The van der Waals surface area contributed by atoms with Crippen molar-refractivity contribution in [1.29, 1.82) is 0 Å². The summed E-state index contributed by atoms with van der Waals surface area (Å²) in [6, 6.07) is 8.88. The predicted molar refractivity (Wildman–Crippen MR) is 65.8 cm³/mol. The lowest BCUT2D eigenvalue weighted by molar-refractivity contribution is -0.142. The van der Waals surface area contributed by atoms with E-state index in [4.69, 9.17) is 0 Å². The van der Waals surface area contributed by atoms with E-state index >= 15 is 0 Å². The normalized spacial score (nSPS) is 12.9. The van der Waals surface area contributed by atoms with Crippen molar-refractivity contribution >= 4 is 16.9 Å². The number of hydrogen-bond acceptors (Lipinski definition) is 3. The number of rotatable bonds is 3. The molecule has 1 heterocycles. The van der Waals surface area contributed by atoms with E-state index in [0.717, 1.165) is 10.9 Å². The van der Waals surface area contributed by atoms with Gasteiger partial charge in [-0.15, -0.1) is 0 Å². The predicted octanol–water partition coefficient (Wildman–Crippen LogP) is 1.92. The van der Waals surface area contributed by atoms with Crippen LogP contribution in [0.1, 0.15) is 11.6 Å². The highest BCUT2D eigenvalue weighted by Gasteiger charge is 2.22. The van der Waals surface area contributed by atoms with E-state index in [1.807, 2.05) is 30.3 Å². The number of pyridine rings is 1. The number of benzene rings is 1. The lowest BCUT2D eigenvalue weighted by atomic mass is 10.1. The van der Waals surface area contributed by atoms with Gasteiger partial charge in [0.2, 0.25) is 0 Å². The van der Waals surface area contributed by atoms with Crippen molar-refractivity contribution in [3.05, 3.63) is 42.1 Å². The molecular weight excluding hydrogens is 216 g/mol. The Kier molecular flexibility index (Phi) is 3.06. The van der Waals surface area contributed by atoms with E-state index in [-0.39, 0.29) is 0 Å². The molecule has 4 nitrogen and oxygen atoms in total. The summed E-state index contributed by atoms with van der Waals surface area (Å²) in [5.41, 5.74) is 1.57. The Balaban J connectivity index is 2.51. The molecular formula is C13H14N2O2. The monoisotopic (exact) mass is 230 g/mol. The lowest BCUT2D eigenvalue weighted by Gasteiger charge is -2.20. The van der Waals surface area contributed by atoms with Crippen LogP contribution in [0.25, 0.3) is 10.9 Å². The molecule has 0 amide bonds. The van der Waals surface area contributed by atoms with Crippen LogP contribution in [-0.4, -0.2) is 35.1 Å². The zero-order chi connectivity index (χ0) is 12.4. The first-order chi connectivity index (χ1) is 8.09. The maximum Gasteiger partial charge on any atom is 0.325 e. The first kappa shape index (κ1) is 11.5. The molecule has 0 spiro atoms. The molecule has 1 N–H and O–H groups in total. The quantitative estimate of drug-likeness (QED) is 0.875. The van der Waals surface area contributed by atoms with Crippen molar-refractivity contribution in [2.45, 2.75) is 6.04 Å². The lowest BCUT2D eigenvalue weighted by Crippen LogP contribution is -2.27. The maximum absolute atomic E-state index is 11.2. The van der Waals surface area contributed by atoms with Crippen LogP contribution in [0.4, 0.5) is 0 Å². The SMILES string of the molecule is CN(C)[C@H](C(=O)O)c1cnc2ccccc2c1. The third-order valence-corrected chi connectivity index (χ3v) is 2.68. The molecule has 0 saturated carbocycles. The van der Waals surface area contributed by atoms with Gasteiger partial charge in [-0.3, -0.25) is 14.7 Å². The number of carbonyl (C=O) groups is 1. The van der Waals surface area contributed by atoms with Gasteiger partial charge < -0.3 is 5.11 Å². The summed E-state index contributed by atoms with van der Waals surface area (Å²) in [6.07, 6.45) is 1.63. The fourth-order valence-electron chi connectivity index (χ4n) is 1.90. The zero-order valence-electron chi connectivity index (χ0n) is 9.79. The first-order valence-electron chi connectivity index (χ1n) is 5.33. The van der Waals surface area contributed by atoms with E-state index in [9.17, 15) is 9.90 Å². The molecule has 2 rings (SSSR count). The number of fused-ring (bicyclic) bond motifs is 1. The average Bonchev–Trinajstić information content (AvgIpc) is 2.28. The Morgan fingerprint density at radius 3 is 2.71 bits per heavy atom. The number of para-hydroxylation sites is 1. The van der Waals surface area contributed by atoms with Gasteiger partial charge >= 0.3 is 5.97 Å². The molecule has 2 aromatic rings. The second-order valence-electron chi connectivity index (χ2n) is 4.17. The molecule has 4 heteroatoms. The van der Waals surface area contributed by atoms with Crippen LogP contribution >= 0.6 is 0 Å². The van der Waals surface area contributed by atoms with Crippen molar-refractivity contribution < 1.29 is 9.90 Å². The van der Waals surface area contributed by atoms with Gasteiger partial charge in [0.15, 0.2) is 0 Å². The summed E-state index contributed by atoms with van der Waals surface area (Å²) >= 11 is 0. The highest BCUT2D eigenvalue weighted by molar-refractivity contribution is 5.82. The van der Waals surface area contributed by atoms with Crippen molar-refractivity contribution in [3.63, 3.8) is 0 Å². The molecule has 0 fully saturated rings. The van der Waals surface area contributed by atoms with E-state index in [1.165, 1.54) is 0 Å². The molecule has 88 valence electrons. The number of aliphatic carboxylic acids is 1. The van der Waals surface area contributed by atoms with E-state index in [1.54, 1.807) is 25.2 Å². The van der Waals surface area contributed by atoms with Crippen LogP contribution in [-0.2, 0) is 4.79 Å².